The molecule has 0 amide bonds. The summed E-state index contributed by atoms with van der Waals surface area (Å²) in [6.45, 7) is 0. The Morgan fingerprint density at radius 2 is 1.25 bits per heavy atom. The largest absolute Gasteiger partial charge is 2.00 e. The predicted octanol–water partition coefficient (Wildman–Crippen LogP) is 0.617. The molecule has 0 atom stereocenters. The van der Waals surface area contributed by atoms with E-state index in [0.29, 0.717) is 0 Å². The van der Waals surface area contributed by atoms with E-state index in [0.717, 1.165) is 0 Å². The molecular weight excluding hydrogens is 141 g/mol. The van der Waals surface area contributed by atoms with Gasteiger partial charge < -0.3 is 5.32 Å². The third-order valence-electron chi connectivity index (χ3n) is 0. The Bertz CT molecular complexity index is 6.00. The Labute approximate surface area is 39.5 Å². The Hall–Kier alpha value is 0.583. The predicted molar refractivity (Wildman–Crippen MR) is 15.2 cm³/mol. The van der Waals surface area contributed by atoms with Crippen LogP contribution in [0.5, 0.6) is 0 Å². The zero-order valence-electron chi connectivity index (χ0n) is 2.78. The van der Waals surface area contributed by atoms with Crippen molar-refractivity contribution >= 4 is 0 Å². The summed E-state index contributed by atoms with van der Waals surface area (Å²) in [5.41, 5.74) is 0. The molecule has 0 heterocycles. The van der Waals surface area contributed by atoms with Crippen LogP contribution in [0.4, 0.5) is 0 Å². The molecule has 1 nitrogen and oxygen atoms in total. The monoisotopic (exact) mass is 147 g/mol. The Morgan fingerprint density at radius 1 is 1.25 bits per heavy atom. The summed E-state index contributed by atoms with van der Waals surface area (Å²) in [6.07, 6.45) is 0. The van der Waals surface area contributed by atoms with E-state index >= 15 is 0 Å². The van der Waals surface area contributed by atoms with Crippen molar-refractivity contribution in [2.75, 3.05) is 14.1 Å². The maximum atomic E-state index is 3.50. The zero-order chi connectivity index (χ0) is 2.71. The van der Waals surface area contributed by atoms with E-state index in [2.05, 4.69) is 5.32 Å². The maximum Gasteiger partial charge on any atom is 2.00 e. The summed E-state index contributed by atoms with van der Waals surface area (Å²) < 4.78 is 0. The second-order valence-electron chi connectivity index (χ2n) is 0.447. The molecule has 0 aromatic heterocycles. The summed E-state index contributed by atoms with van der Waals surface area (Å²) in [4.78, 5) is 0. The van der Waals surface area contributed by atoms with Gasteiger partial charge in [0, 0.05) is 0 Å². The average Bonchev–Trinajstić information content (AvgIpc) is 0.918. The molecule has 0 saturated carbocycles. The molecular formula is C2H6NRh+. The van der Waals surface area contributed by atoms with Crippen molar-refractivity contribution < 1.29 is 19.5 Å². The molecule has 4 heavy (non-hydrogen) atoms. The van der Waals surface area contributed by atoms with Gasteiger partial charge in [0.15, 0.2) is 0 Å². The van der Waals surface area contributed by atoms with Gasteiger partial charge in [0.05, 0.1) is 0 Å². The van der Waals surface area contributed by atoms with Crippen molar-refractivity contribution in [1.82, 2.24) is 0 Å². The molecule has 0 saturated heterocycles. The molecule has 0 aliphatic heterocycles. The smallest absolute Gasteiger partial charge is 0.668 e. The van der Waals surface area contributed by atoms with Crippen LogP contribution >= 0.6 is 0 Å². The van der Waals surface area contributed by atoms with Gasteiger partial charge in [0.25, 0.3) is 0 Å². The van der Waals surface area contributed by atoms with Gasteiger partial charge in [-0.1, -0.05) is 0 Å². The standard InChI is InChI=1S/C2H6N.Rh/c1-3-2;/h1-2H3;/q-1;+2. The molecule has 1 radical (unpaired) electrons. The third kappa shape index (κ3) is 19.0. The Balaban J connectivity index is 0. The van der Waals surface area contributed by atoms with Crippen LogP contribution in [0.2, 0.25) is 0 Å². The van der Waals surface area contributed by atoms with Gasteiger partial charge in [-0.2, -0.15) is 14.1 Å². The molecule has 27 valence electrons. The van der Waals surface area contributed by atoms with E-state index in [1.807, 2.05) is 0 Å². The fourth-order valence-electron chi connectivity index (χ4n) is 0. The second kappa shape index (κ2) is 9.54. The SMILES string of the molecule is C[N-]C.[Rh+2]. The maximum absolute atomic E-state index is 3.50. The van der Waals surface area contributed by atoms with Crippen molar-refractivity contribution in [2.24, 2.45) is 0 Å². The summed E-state index contributed by atoms with van der Waals surface area (Å²) in [5, 5.41) is 3.50. The van der Waals surface area contributed by atoms with Crippen LogP contribution in [-0.2, 0) is 19.5 Å². The first-order valence-electron chi connectivity index (χ1n) is 0.894. The third-order valence-corrected chi connectivity index (χ3v) is 0. The van der Waals surface area contributed by atoms with Crippen molar-refractivity contribution in [1.29, 1.82) is 0 Å². The Kier molecular flexibility index (Phi) is 21.0. The summed E-state index contributed by atoms with van der Waals surface area (Å²) in [5.74, 6) is 0. The summed E-state index contributed by atoms with van der Waals surface area (Å²) in [7, 11) is 3.50. The zero-order valence-corrected chi connectivity index (χ0v) is 4.42. The Morgan fingerprint density at radius 3 is 1.25 bits per heavy atom. The van der Waals surface area contributed by atoms with Crippen LogP contribution < -0.4 is 0 Å². The van der Waals surface area contributed by atoms with Crippen LogP contribution in [0, 0.1) is 0 Å². The first-order chi connectivity index (χ1) is 1.41. The van der Waals surface area contributed by atoms with E-state index < -0.39 is 0 Å². The van der Waals surface area contributed by atoms with Gasteiger partial charge in [-0.3, -0.25) is 0 Å². The number of hydrogen-bond donors (Lipinski definition) is 0. The molecule has 0 N–H and O–H groups in total. The summed E-state index contributed by atoms with van der Waals surface area (Å²) in [6, 6.07) is 0. The van der Waals surface area contributed by atoms with Crippen LogP contribution in [-0.4, -0.2) is 14.1 Å². The number of hydrogen-bond acceptors (Lipinski definition) is 0. The topological polar surface area (TPSA) is 14.1 Å². The van der Waals surface area contributed by atoms with Gasteiger partial charge in [0.2, 0.25) is 0 Å². The van der Waals surface area contributed by atoms with Crippen LogP contribution in [0.25, 0.3) is 5.32 Å². The minimum absolute atomic E-state index is 0. The van der Waals surface area contributed by atoms with Gasteiger partial charge in [0.1, 0.15) is 0 Å². The van der Waals surface area contributed by atoms with E-state index in [-0.39, 0.29) is 19.5 Å². The molecule has 0 unspecified atom stereocenters. The fourth-order valence-corrected chi connectivity index (χ4v) is 0. The molecule has 0 rings (SSSR count). The first-order valence-corrected chi connectivity index (χ1v) is 0.894. The van der Waals surface area contributed by atoms with E-state index in [1.54, 1.807) is 14.1 Å². The molecule has 2 heteroatoms. The molecule has 0 spiro atoms. The van der Waals surface area contributed by atoms with Crippen molar-refractivity contribution in [2.45, 2.75) is 0 Å². The minimum atomic E-state index is 0. The first kappa shape index (κ1) is 8.82. The van der Waals surface area contributed by atoms with E-state index in [4.69, 9.17) is 0 Å². The van der Waals surface area contributed by atoms with Gasteiger partial charge in [-0.15, -0.1) is 0 Å². The second-order valence-corrected chi connectivity index (χ2v) is 0.447. The van der Waals surface area contributed by atoms with E-state index in [1.165, 1.54) is 0 Å². The van der Waals surface area contributed by atoms with Crippen LogP contribution in [0.15, 0.2) is 0 Å². The molecule has 0 aromatic rings. The van der Waals surface area contributed by atoms with Crippen LogP contribution in [0.1, 0.15) is 0 Å². The molecule has 0 aliphatic rings. The van der Waals surface area contributed by atoms with Crippen molar-refractivity contribution in [3.63, 3.8) is 0 Å². The summed E-state index contributed by atoms with van der Waals surface area (Å²) >= 11 is 0. The molecule has 0 aliphatic carbocycles. The van der Waals surface area contributed by atoms with Gasteiger partial charge in [-0.05, 0) is 0 Å². The number of nitrogens with zero attached hydrogens (tertiary/aromatic N) is 1. The normalized spacial score (nSPS) is 4.50. The van der Waals surface area contributed by atoms with Gasteiger partial charge >= 0.3 is 19.5 Å². The number of rotatable bonds is 0. The quantitative estimate of drug-likeness (QED) is 0.446. The van der Waals surface area contributed by atoms with Crippen molar-refractivity contribution in [3.8, 4) is 0 Å². The average molecular weight is 147 g/mol. The molecule has 0 aromatic carbocycles. The molecule has 0 fully saturated rings. The van der Waals surface area contributed by atoms with E-state index in [9.17, 15) is 0 Å². The van der Waals surface area contributed by atoms with Gasteiger partial charge in [-0.25, -0.2) is 0 Å². The van der Waals surface area contributed by atoms with Crippen LogP contribution in [0.3, 0.4) is 0 Å². The minimum Gasteiger partial charge on any atom is -0.668 e. The molecule has 0 bridgehead atoms. The fraction of sp³-hybridized carbons (Fsp3) is 1.00. The van der Waals surface area contributed by atoms with Crippen molar-refractivity contribution in [3.05, 3.63) is 5.32 Å².